The number of thiocarbonyl (C=S) groups is 1. The van der Waals surface area contributed by atoms with E-state index >= 15 is 0 Å². The average Bonchev–Trinajstić information content (AvgIpc) is 3.10. The van der Waals surface area contributed by atoms with Crippen LogP contribution in [0.5, 0.6) is 0 Å². The van der Waals surface area contributed by atoms with Crippen LogP contribution < -0.4 is 0 Å². The Bertz CT molecular complexity index is 1100. The van der Waals surface area contributed by atoms with Crippen molar-refractivity contribution in [1.29, 1.82) is 0 Å². The standard InChI is InChI=1S/C24H32N2O7S2Si/c1-14(33-36(6,7)24(2,3)4)19-21(28)25-20(17(35-22(19)25)12-18(27)31-5)23(34)32-13-15-8-10-16(11-9-15)26(29)30/h8-11,14,19,22H,12-13H2,1-7H3/t14?,19?,22-/m1/s1. The van der Waals surface area contributed by atoms with Crippen LogP contribution in [0.3, 0.4) is 0 Å². The molecule has 1 fully saturated rings. The van der Waals surface area contributed by atoms with Crippen LogP contribution in [0.15, 0.2) is 34.9 Å². The number of hydrogen-bond donors (Lipinski definition) is 0. The molecule has 12 heteroatoms. The van der Waals surface area contributed by atoms with Gasteiger partial charge in [-0.15, -0.1) is 11.8 Å². The highest BCUT2D eigenvalue weighted by atomic mass is 32.2. The van der Waals surface area contributed by atoms with E-state index in [1.165, 1.54) is 31.0 Å². The molecule has 196 valence electrons. The lowest BCUT2D eigenvalue weighted by molar-refractivity contribution is -0.384. The number of carbonyl (C=O) groups is 2. The van der Waals surface area contributed by atoms with E-state index in [4.69, 9.17) is 26.1 Å². The highest BCUT2D eigenvalue weighted by molar-refractivity contribution is 8.04. The molecule has 9 nitrogen and oxygen atoms in total. The van der Waals surface area contributed by atoms with E-state index < -0.39 is 19.2 Å². The molecule has 36 heavy (non-hydrogen) atoms. The quantitative estimate of drug-likeness (QED) is 0.103. The molecule has 0 saturated carbocycles. The summed E-state index contributed by atoms with van der Waals surface area (Å²) in [5.41, 5.74) is 1.07. The van der Waals surface area contributed by atoms with Crippen LogP contribution in [0, 0.1) is 16.0 Å². The van der Waals surface area contributed by atoms with Gasteiger partial charge in [0.1, 0.15) is 17.7 Å². The highest BCUT2D eigenvalue weighted by Gasteiger charge is 2.58. The molecule has 2 heterocycles. The smallest absolute Gasteiger partial charge is 0.310 e. The number of rotatable bonds is 9. The van der Waals surface area contributed by atoms with Gasteiger partial charge in [0.25, 0.3) is 5.69 Å². The van der Waals surface area contributed by atoms with Gasteiger partial charge in [0, 0.05) is 17.0 Å². The summed E-state index contributed by atoms with van der Waals surface area (Å²) < 4.78 is 17.2. The maximum Gasteiger partial charge on any atom is 0.310 e. The number of ether oxygens (including phenoxy) is 2. The molecular formula is C24H32N2O7S2Si. The van der Waals surface area contributed by atoms with Crippen LogP contribution >= 0.6 is 24.0 Å². The molecule has 1 amide bonds. The van der Waals surface area contributed by atoms with Gasteiger partial charge in [-0.25, -0.2) is 0 Å². The fraction of sp³-hybridized carbons (Fsp3) is 0.542. The molecule has 0 spiro atoms. The molecule has 1 aromatic carbocycles. The minimum Gasteiger partial charge on any atom is -0.477 e. The van der Waals surface area contributed by atoms with Crippen molar-refractivity contribution in [2.45, 2.75) is 70.3 Å². The van der Waals surface area contributed by atoms with Gasteiger partial charge in [0.2, 0.25) is 11.0 Å². The third kappa shape index (κ3) is 5.66. The van der Waals surface area contributed by atoms with E-state index in [-0.39, 0.29) is 52.1 Å². The number of amides is 1. The largest absolute Gasteiger partial charge is 0.477 e. The Morgan fingerprint density at radius 3 is 2.42 bits per heavy atom. The van der Waals surface area contributed by atoms with Crippen LogP contribution in [-0.4, -0.2) is 53.7 Å². The molecule has 1 aromatic rings. The van der Waals surface area contributed by atoms with Gasteiger partial charge in [-0.05, 0) is 55.0 Å². The molecule has 2 aliphatic rings. The third-order valence-corrected chi connectivity index (χ3v) is 13.1. The van der Waals surface area contributed by atoms with E-state index in [0.717, 1.165) is 0 Å². The lowest BCUT2D eigenvalue weighted by atomic mass is 9.92. The summed E-state index contributed by atoms with van der Waals surface area (Å²) >= 11 is 6.95. The summed E-state index contributed by atoms with van der Waals surface area (Å²) in [5, 5.41) is 10.7. The normalized spacial score (nSPS) is 20.5. The number of nitro benzene ring substituents is 1. The second-order valence-corrected chi connectivity index (χ2v) is 16.7. The Hall–Kier alpha value is -2.28. The first-order valence-electron chi connectivity index (χ1n) is 11.6. The molecule has 0 aromatic heterocycles. The Kier molecular flexibility index (Phi) is 8.33. The first-order valence-corrected chi connectivity index (χ1v) is 15.8. The molecule has 2 aliphatic heterocycles. The van der Waals surface area contributed by atoms with Crippen LogP contribution in [0.4, 0.5) is 5.69 Å². The van der Waals surface area contributed by atoms with Crippen LogP contribution in [-0.2, 0) is 30.1 Å². The average molecular weight is 553 g/mol. The predicted molar refractivity (Wildman–Crippen MR) is 144 cm³/mol. The summed E-state index contributed by atoms with van der Waals surface area (Å²) in [6.45, 7) is 12.8. The lowest BCUT2D eigenvalue weighted by Crippen LogP contribution is -2.62. The van der Waals surface area contributed by atoms with Crippen molar-refractivity contribution in [3.8, 4) is 0 Å². The maximum atomic E-state index is 13.3. The Morgan fingerprint density at radius 2 is 1.89 bits per heavy atom. The number of carbonyl (C=O) groups excluding carboxylic acids is 2. The number of nitrogens with zero attached hydrogens (tertiary/aromatic N) is 2. The highest BCUT2D eigenvalue weighted by Crippen LogP contribution is 2.53. The first kappa shape index (κ1) is 28.3. The molecule has 0 aliphatic carbocycles. The summed E-state index contributed by atoms with van der Waals surface area (Å²) in [6, 6.07) is 5.94. The molecule has 1 saturated heterocycles. The molecule has 3 atom stereocenters. The van der Waals surface area contributed by atoms with Gasteiger partial charge in [-0.1, -0.05) is 20.8 Å². The number of β-lactam (4-membered cyclic amide) rings is 1. The third-order valence-electron chi connectivity index (χ3n) is 6.89. The second-order valence-electron chi connectivity index (χ2n) is 10.4. The number of esters is 1. The van der Waals surface area contributed by atoms with Gasteiger partial charge in [-0.3, -0.25) is 24.6 Å². The SMILES string of the molecule is COC(=O)CC1=C(C(=S)OCc2ccc([N+](=O)[O-])cc2)N2C(=O)C(C(C)O[Si](C)(C)C(C)(C)C)[C@H]2S1. The number of fused-ring (bicyclic) bond motifs is 1. The van der Waals surface area contributed by atoms with Gasteiger partial charge < -0.3 is 13.9 Å². The van der Waals surface area contributed by atoms with Crippen molar-refractivity contribution < 1.29 is 28.4 Å². The summed E-state index contributed by atoms with van der Waals surface area (Å²) in [7, 11) is -0.787. The first-order chi connectivity index (χ1) is 16.7. The number of methoxy groups -OCH3 is 1. The van der Waals surface area contributed by atoms with E-state index in [9.17, 15) is 19.7 Å². The van der Waals surface area contributed by atoms with Crippen LogP contribution in [0.1, 0.15) is 39.7 Å². The number of thioether (sulfide) groups is 1. The van der Waals surface area contributed by atoms with Crippen molar-refractivity contribution in [3.05, 3.63) is 50.5 Å². The van der Waals surface area contributed by atoms with E-state index in [2.05, 4.69) is 33.9 Å². The van der Waals surface area contributed by atoms with E-state index in [0.29, 0.717) is 16.2 Å². The molecular weight excluding hydrogens is 520 g/mol. The monoisotopic (exact) mass is 552 g/mol. The zero-order chi connectivity index (χ0) is 27.0. The molecule has 3 rings (SSSR count). The van der Waals surface area contributed by atoms with Crippen molar-refractivity contribution in [2.75, 3.05) is 7.11 Å². The fourth-order valence-electron chi connectivity index (χ4n) is 3.81. The van der Waals surface area contributed by atoms with Gasteiger partial charge in [-0.2, -0.15) is 0 Å². The summed E-state index contributed by atoms with van der Waals surface area (Å²) in [6.07, 6.45) is -0.317. The summed E-state index contributed by atoms with van der Waals surface area (Å²) in [5.74, 6) is -0.924. The molecule has 0 radical (unpaired) electrons. The van der Waals surface area contributed by atoms with Crippen LogP contribution in [0.2, 0.25) is 18.1 Å². The predicted octanol–water partition coefficient (Wildman–Crippen LogP) is 5.16. The zero-order valence-electron chi connectivity index (χ0n) is 21.5. The minimum atomic E-state index is -2.10. The van der Waals surface area contributed by atoms with Crippen molar-refractivity contribution in [1.82, 2.24) is 4.90 Å². The molecule has 2 unspecified atom stereocenters. The topological polar surface area (TPSA) is 108 Å². The van der Waals surface area contributed by atoms with Crippen molar-refractivity contribution >= 4 is 54.9 Å². The zero-order valence-corrected chi connectivity index (χ0v) is 24.2. The van der Waals surface area contributed by atoms with Gasteiger partial charge in [0.15, 0.2) is 8.32 Å². The Labute approximate surface area is 221 Å². The Balaban J connectivity index is 1.76. The van der Waals surface area contributed by atoms with Crippen LogP contribution in [0.25, 0.3) is 0 Å². The van der Waals surface area contributed by atoms with Gasteiger partial charge in [0.05, 0.1) is 30.5 Å². The Morgan fingerprint density at radius 1 is 1.28 bits per heavy atom. The fourth-order valence-corrected chi connectivity index (χ4v) is 7.17. The van der Waals surface area contributed by atoms with Gasteiger partial charge >= 0.3 is 5.97 Å². The van der Waals surface area contributed by atoms with E-state index in [1.54, 1.807) is 17.0 Å². The second kappa shape index (κ2) is 10.6. The summed E-state index contributed by atoms with van der Waals surface area (Å²) in [4.78, 5) is 38.0. The number of non-ortho nitro benzene ring substituents is 1. The minimum absolute atomic E-state index is 0.00326. The number of benzene rings is 1. The molecule has 0 N–H and O–H groups in total. The maximum absolute atomic E-state index is 13.3. The van der Waals surface area contributed by atoms with Crippen molar-refractivity contribution in [2.24, 2.45) is 5.92 Å². The molecule has 0 bridgehead atoms. The van der Waals surface area contributed by atoms with E-state index in [1.807, 2.05) is 6.92 Å². The lowest BCUT2D eigenvalue weighted by Gasteiger charge is -2.48. The number of hydrogen-bond acceptors (Lipinski definition) is 9. The van der Waals surface area contributed by atoms with Crippen molar-refractivity contribution in [3.63, 3.8) is 0 Å². The number of nitro groups is 1.